The molecular formula is C11H19N3O. The first-order valence-corrected chi connectivity index (χ1v) is 5.66. The molecule has 1 saturated heterocycles. The molecule has 1 aromatic rings. The third-order valence-corrected chi connectivity index (χ3v) is 3.29. The van der Waals surface area contributed by atoms with E-state index in [1.807, 2.05) is 6.92 Å². The molecule has 0 spiro atoms. The fraction of sp³-hybridized carbons (Fsp3) is 0.727. The first-order valence-electron chi connectivity index (χ1n) is 5.66. The van der Waals surface area contributed by atoms with E-state index in [1.165, 1.54) is 12.8 Å². The number of hydrogen-bond acceptors (Lipinski definition) is 2. The first kappa shape index (κ1) is 10.5. The van der Waals surface area contributed by atoms with Gasteiger partial charge in [0.05, 0.1) is 0 Å². The molecule has 0 saturated carbocycles. The van der Waals surface area contributed by atoms with E-state index in [1.54, 1.807) is 11.7 Å². The van der Waals surface area contributed by atoms with Crippen molar-refractivity contribution in [3.63, 3.8) is 0 Å². The van der Waals surface area contributed by atoms with Gasteiger partial charge >= 0.3 is 0 Å². The molecule has 4 heteroatoms. The lowest BCUT2D eigenvalue weighted by Crippen LogP contribution is -2.21. The SMILES string of the molecule is Cc1c(CCC2CCCN2)[nH]n(C)c1=O. The van der Waals surface area contributed by atoms with Gasteiger partial charge in [-0.1, -0.05) is 0 Å². The smallest absolute Gasteiger partial charge is 0.269 e. The number of rotatable bonds is 3. The van der Waals surface area contributed by atoms with E-state index < -0.39 is 0 Å². The van der Waals surface area contributed by atoms with Crippen LogP contribution in [0.25, 0.3) is 0 Å². The second-order valence-electron chi connectivity index (χ2n) is 4.41. The molecule has 0 aliphatic carbocycles. The molecule has 1 aliphatic heterocycles. The Morgan fingerprint density at radius 3 is 2.87 bits per heavy atom. The van der Waals surface area contributed by atoms with Crippen molar-refractivity contribution in [1.82, 2.24) is 15.1 Å². The Bertz CT molecular complexity index is 385. The third kappa shape index (κ3) is 2.15. The molecule has 84 valence electrons. The van der Waals surface area contributed by atoms with Gasteiger partial charge in [-0.25, -0.2) is 0 Å². The number of hydrogen-bond donors (Lipinski definition) is 2. The molecule has 1 atom stereocenters. The summed E-state index contributed by atoms with van der Waals surface area (Å²) in [6, 6.07) is 0.646. The van der Waals surface area contributed by atoms with Crippen LogP contribution in [0.1, 0.15) is 30.5 Å². The normalized spacial score (nSPS) is 21.1. The van der Waals surface area contributed by atoms with Crippen LogP contribution in [0, 0.1) is 6.92 Å². The summed E-state index contributed by atoms with van der Waals surface area (Å²) in [7, 11) is 1.77. The number of aryl methyl sites for hydroxylation is 2. The lowest BCUT2D eigenvalue weighted by Gasteiger charge is -2.08. The molecule has 0 bridgehead atoms. The van der Waals surface area contributed by atoms with Gasteiger partial charge in [0.1, 0.15) is 0 Å². The van der Waals surface area contributed by atoms with Crippen LogP contribution in [0.15, 0.2) is 4.79 Å². The third-order valence-electron chi connectivity index (χ3n) is 3.29. The van der Waals surface area contributed by atoms with Crippen LogP contribution in [0.3, 0.4) is 0 Å². The van der Waals surface area contributed by atoms with E-state index in [2.05, 4.69) is 10.4 Å². The molecule has 1 unspecified atom stereocenters. The molecule has 15 heavy (non-hydrogen) atoms. The predicted molar refractivity (Wildman–Crippen MR) is 60.1 cm³/mol. The summed E-state index contributed by atoms with van der Waals surface area (Å²) in [6.45, 7) is 3.05. The molecule has 2 rings (SSSR count). The van der Waals surface area contributed by atoms with Crippen LogP contribution >= 0.6 is 0 Å². The lowest BCUT2D eigenvalue weighted by atomic mass is 10.1. The number of aromatic amines is 1. The summed E-state index contributed by atoms with van der Waals surface area (Å²) >= 11 is 0. The molecule has 1 aliphatic rings. The number of nitrogens with zero attached hydrogens (tertiary/aromatic N) is 1. The molecule has 4 nitrogen and oxygen atoms in total. The van der Waals surface area contributed by atoms with Crippen LogP contribution in [0.4, 0.5) is 0 Å². The largest absolute Gasteiger partial charge is 0.314 e. The Kier molecular flexibility index (Phi) is 2.95. The Labute approximate surface area is 89.7 Å². The average molecular weight is 209 g/mol. The van der Waals surface area contributed by atoms with Gasteiger partial charge in [0, 0.05) is 24.3 Å². The summed E-state index contributed by atoms with van der Waals surface area (Å²) in [5.41, 5.74) is 2.07. The van der Waals surface area contributed by atoms with Crippen molar-refractivity contribution in [3.8, 4) is 0 Å². The standard InChI is InChI=1S/C11H19N3O/c1-8-10(13-14(2)11(8)15)6-5-9-4-3-7-12-9/h9,12-13H,3-7H2,1-2H3. The number of aromatic nitrogens is 2. The van der Waals surface area contributed by atoms with E-state index in [-0.39, 0.29) is 5.56 Å². The quantitative estimate of drug-likeness (QED) is 0.770. The predicted octanol–water partition coefficient (Wildman–Crippen LogP) is 0.706. The maximum atomic E-state index is 11.5. The monoisotopic (exact) mass is 209 g/mol. The highest BCUT2D eigenvalue weighted by Gasteiger charge is 2.15. The van der Waals surface area contributed by atoms with Crippen LogP contribution < -0.4 is 10.9 Å². The molecule has 2 N–H and O–H groups in total. The second kappa shape index (κ2) is 4.23. The summed E-state index contributed by atoms with van der Waals surface area (Å²) in [5.74, 6) is 0. The fourth-order valence-electron chi connectivity index (χ4n) is 2.28. The van der Waals surface area contributed by atoms with Gasteiger partial charge in [0.25, 0.3) is 5.56 Å². The van der Waals surface area contributed by atoms with Gasteiger partial charge < -0.3 is 5.32 Å². The molecule has 1 aromatic heterocycles. The van der Waals surface area contributed by atoms with Gasteiger partial charge in [-0.3, -0.25) is 14.6 Å². The summed E-state index contributed by atoms with van der Waals surface area (Å²) < 4.78 is 1.56. The molecule has 0 aromatic carbocycles. The van der Waals surface area contributed by atoms with Crippen molar-refractivity contribution >= 4 is 0 Å². The van der Waals surface area contributed by atoms with Crippen LogP contribution in [0.2, 0.25) is 0 Å². The van der Waals surface area contributed by atoms with Crippen molar-refractivity contribution in [1.29, 1.82) is 0 Å². The highest BCUT2D eigenvalue weighted by molar-refractivity contribution is 5.15. The number of nitrogens with one attached hydrogen (secondary N) is 2. The van der Waals surface area contributed by atoms with Crippen molar-refractivity contribution in [3.05, 3.63) is 21.6 Å². The fourth-order valence-corrected chi connectivity index (χ4v) is 2.28. The Balaban J connectivity index is 1.98. The second-order valence-corrected chi connectivity index (χ2v) is 4.41. The van der Waals surface area contributed by atoms with Crippen molar-refractivity contribution in [2.75, 3.05) is 6.54 Å². The van der Waals surface area contributed by atoms with Gasteiger partial charge in [0.15, 0.2) is 0 Å². The summed E-state index contributed by atoms with van der Waals surface area (Å²) in [4.78, 5) is 11.5. The van der Waals surface area contributed by atoms with Gasteiger partial charge in [0.2, 0.25) is 0 Å². The van der Waals surface area contributed by atoms with E-state index in [4.69, 9.17) is 0 Å². The minimum Gasteiger partial charge on any atom is -0.314 e. The molecule has 0 amide bonds. The molecule has 1 fully saturated rings. The summed E-state index contributed by atoms with van der Waals surface area (Å²) in [6.07, 6.45) is 4.66. The zero-order valence-corrected chi connectivity index (χ0v) is 9.47. The van der Waals surface area contributed by atoms with E-state index in [0.29, 0.717) is 6.04 Å². The maximum absolute atomic E-state index is 11.5. The molecule has 0 radical (unpaired) electrons. The average Bonchev–Trinajstić information content (AvgIpc) is 2.80. The zero-order chi connectivity index (χ0) is 10.8. The number of H-pyrrole nitrogens is 1. The van der Waals surface area contributed by atoms with Crippen LogP contribution in [-0.4, -0.2) is 22.4 Å². The lowest BCUT2D eigenvalue weighted by molar-refractivity contribution is 0.551. The highest BCUT2D eigenvalue weighted by atomic mass is 16.1. The zero-order valence-electron chi connectivity index (χ0n) is 9.47. The van der Waals surface area contributed by atoms with Crippen LogP contribution in [-0.2, 0) is 13.5 Å². The van der Waals surface area contributed by atoms with E-state index in [0.717, 1.165) is 30.6 Å². The van der Waals surface area contributed by atoms with Gasteiger partial charge in [-0.15, -0.1) is 0 Å². The molecular weight excluding hydrogens is 190 g/mol. The minimum atomic E-state index is 0.101. The maximum Gasteiger partial charge on any atom is 0.269 e. The van der Waals surface area contributed by atoms with Crippen molar-refractivity contribution in [2.24, 2.45) is 7.05 Å². The van der Waals surface area contributed by atoms with E-state index >= 15 is 0 Å². The van der Waals surface area contributed by atoms with E-state index in [9.17, 15) is 4.79 Å². The Morgan fingerprint density at radius 1 is 1.53 bits per heavy atom. The topological polar surface area (TPSA) is 49.8 Å². The Hall–Kier alpha value is -1.03. The first-order chi connectivity index (χ1) is 7.18. The van der Waals surface area contributed by atoms with Gasteiger partial charge in [-0.2, -0.15) is 0 Å². The Morgan fingerprint density at radius 2 is 2.33 bits per heavy atom. The molecule has 2 heterocycles. The summed E-state index contributed by atoms with van der Waals surface area (Å²) in [5, 5.41) is 6.58. The van der Waals surface area contributed by atoms with Crippen molar-refractivity contribution < 1.29 is 0 Å². The van der Waals surface area contributed by atoms with Crippen molar-refractivity contribution in [2.45, 2.75) is 38.6 Å². The van der Waals surface area contributed by atoms with Crippen LogP contribution in [0.5, 0.6) is 0 Å². The minimum absolute atomic E-state index is 0.101. The van der Waals surface area contributed by atoms with Gasteiger partial charge in [-0.05, 0) is 39.2 Å². The highest BCUT2D eigenvalue weighted by Crippen LogP contribution is 2.12.